The Morgan fingerprint density at radius 1 is 1.03 bits per heavy atom. The number of aromatic nitrogens is 4. The fourth-order valence-corrected chi connectivity index (χ4v) is 2.55. The molecule has 3 rings (SSSR count). The number of nitrogens with one attached hydrogen (secondary N) is 1. The Hall–Kier alpha value is -2.80. The van der Waals surface area contributed by atoms with Crippen molar-refractivity contribution in [3.05, 3.63) is 64.5 Å². The first-order valence-corrected chi connectivity index (χ1v) is 12.4. The minimum absolute atomic E-state index is 0.0468. The fourth-order valence-electron chi connectivity index (χ4n) is 2.55. The molecule has 7 heteroatoms. The summed E-state index contributed by atoms with van der Waals surface area (Å²) in [6, 6.07) is 10.0. The lowest BCUT2D eigenvalue weighted by atomic mass is 10.2. The number of carbonyl (C=O) groups excluding carboxylic acids is 1. The number of H-pyrrole nitrogens is 1. The van der Waals surface area contributed by atoms with E-state index in [4.69, 9.17) is 4.74 Å². The van der Waals surface area contributed by atoms with Gasteiger partial charge in [0.2, 0.25) is 5.65 Å². The molecule has 0 amide bonds. The van der Waals surface area contributed by atoms with Crippen molar-refractivity contribution in [2.75, 3.05) is 6.61 Å². The summed E-state index contributed by atoms with van der Waals surface area (Å²) < 4.78 is 7.42. The molecule has 0 aliphatic carbocycles. The number of carbonyl (C=O) groups is 1. The third-order valence-corrected chi connectivity index (χ3v) is 3.99. The first-order chi connectivity index (χ1) is 16.4. The Bertz CT molecular complexity index is 914. The van der Waals surface area contributed by atoms with Gasteiger partial charge in [-0.25, -0.2) is 0 Å². The highest BCUT2D eigenvalue weighted by molar-refractivity contribution is 5.72. The predicted octanol–water partition coefficient (Wildman–Crippen LogP) is 6.58. The standard InChI is InChI=1S/C15H16N4O2.C5H12.C3H6O.2C2H6/c1-11(9-21-10-12-5-3-2-4-6-12)13-17-18-14-15(20)16-7-8-19(13)14;1-3-5-4-2;1-3(2)4;2*1-2/h2-8,11H,9-10H2,1H3,(H,16,20);3-5H2,1-2H3;1-2H3;2*1-2H3. The van der Waals surface area contributed by atoms with E-state index in [1.165, 1.54) is 33.1 Å². The van der Waals surface area contributed by atoms with Gasteiger partial charge in [-0.15, -0.1) is 10.2 Å². The van der Waals surface area contributed by atoms with Crippen molar-refractivity contribution < 1.29 is 9.53 Å². The third-order valence-electron chi connectivity index (χ3n) is 3.99. The van der Waals surface area contributed by atoms with Crippen LogP contribution in [0.1, 0.15) is 98.9 Å². The van der Waals surface area contributed by atoms with Crippen LogP contribution in [-0.4, -0.2) is 32.0 Å². The van der Waals surface area contributed by atoms with Gasteiger partial charge in [-0.3, -0.25) is 9.20 Å². The number of nitrogens with zero attached hydrogens (tertiary/aromatic N) is 3. The number of ether oxygens (including phenoxy) is 1. The van der Waals surface area contributed by atoms with Crippen LogP contribution >= 0.6 is 0 Å². The molecule has 0 aliphatic rings. The minimum atomic E-state index is -0.242. The van der Waals surface area contributed by atoms with Gasteiger partial charge < -0.3 is 14.5 Å². The molecule has 2 aromatic heterocycles. The maximum Gasteiger partial charge on any atom is 0.293 e. The van der Waals surface area contributed by atoms with Crippen LogP contribution in [0.25, 0.3) is 5.65 Å². The van der Waals surface area contributed by atoms with Gasteiger partial charge in [0, 0.05) is 18.3 Å². The topological polar surface area (TPSA) is 89.3 Å². The molecule has 2 heterocycles. The lowest BCUT2D eigenvalue weighted by Gasteiger charge is -2.10. The van der Waals surface area contributed by atoms with Crippen molar-refractivity contribution in [1.29, 1.82) is 0 Å². The Morgan fingerprint density at radius 3 is 2.09 bits per heavy atom. The van der Waals surface area contributed by atoms with Crippen LogP contribution in [0.2, 0.25) is 0 Å². The molecule has 3 aromatic rings. The minimum Gasteiger partial charge on any atom is -0.376 e. The third kappa shape index (κ3) is 14.4. The maximum atomic E-state index is 11.6. The molecule has 0 radical (unpaired) electrons. The molecular formula is C27H46N4O3. The van der Waals surface area contributed by atoms with Gasteiger partial charge in [0.1, 0.15) is 11.6 Å². The summed E-state index contributed by atoms with van der Waals surface area (Å²) in [7, 11) is 0. The molecule has 1 atom stereocenters. The summed E-state index contributed by atoms with van der Waals surface area (Å²) in [5.74, 6) is 0.940. The molecule has 1 N–H and O–H groups in total. The predicted molar refractivity (Wildman–Crippen MR) is 142 cm³/mol. The molecule has 7 nitrogen and oxygen atoms in total. The lowest BCUT2D eigenvalue weighted by Crippen LogP contribution is -2.12. The van der Waals surface area contributed by atoms with E-state index in [-0.39, 0.29) is 17.3 Å². The van der Waals surface area contributed by atoms with Gasteiger partial charge in [0.25, 0.3) is 5.56 Å². The summed E-state index contributed by atoms with van der Waals surface area (Å²) in [5.41, 5.74) is 1.20. The average molecular weight is 475 g/mol. The molecule has 1 aromatic carbocycles. The molecule has 0 saturated carbocycles. The number of aromatic amines is 1. The number of unbranched alkanes of at least 4 members (excludes halogenated alkanes) is 2. The van der Waals surface area contributed by atoms with E-state index in [1.54, 1.807) is 16.8 Å². The monoisotopic (exact) mass is 474 g/mol. The highest BCUT2D eigenvalue weighted by atomic mass is 16.5. The van der Waals surface area contributed by atoms with Crippen molar-refractivity contribution in [2.45, 2.75) is 94.1 Å². The first kappa shape index (κ1) is 33.4. The van der Waals surface area contributed by atoms with Crippen LogP contribution in [0.3, 0.4) is 0 Å². The van der Waals surface area contributed by atoms with Gasteiger partial charge >= 0.3 is 0 Å². The molecule has 0 spiro atoms. The van der Waals surface area contributed by atoms with Crippen molar-refractivity contribution in [2.24, 2.45) is 0 Å². The highest BCUT2D eigenvalue weighted by Gasteiger charge is 2.15. The van der Waals surface area contributed by atoms with Crippen molar-refractivity contribution in [3.63, 3.8) is 0 Å². The molecule has 0 bridgehead atoms. The van der Waals surface area contributed by atoms with E-state index in [9.17, 15) is 9.59 Å². The van der Waals surface area contributed by atoms with Gasteiger partial charge in [0.05, 0.1) is 13.2 Å². The smallest absolute Gasteiger partial charge is 0.293 e. The second kappa shape index (κ2) is 22.0. The zero-order valence-corrected chi connectivity index (χ0v) is 22.7. The Balaban J connectivity index is 0. The zero-order valence-electron chi connectivity index (χ0n) is 22.7. The Kier molecular flexibility index (Phi) is 21.6. The summed E-state index contributed by atoms with van der Waals surface area (Å²) >= 11 is 0. The highest BCUT2D eigenvalue weighted by Crippen LogP contribution is 2.14. The number of rotatable bonds is 7. The van der Waals surface area contributed by atoms with Crippen molar-refractivity contribution >= 4 is 11.4 Å². The Labute approximate surface area is 206 Å². The van der Waals surface area contributed by atoms with Gasteiger partial charge in [-0.1, -0.05) is 98.1 Å². The van der Waals surface area contributed by atoms with Crippen LogP contribution in [0.5, 0.6) is 0 Å². The van der Waals surface area contributed by atoms with Crippen LogP contribution in [0, 0.1) is 0 Å². The second-order valence-electron chi connectivity index (χ2n) is 7.20. The van der Waals surface area contributed by atoms with Crippen molar-refractivity contribution in [3.8, 4) is 0 Å². The zero-order chi connectivity index (χ0) is 26.4. The van der Waals surface area contributed by atoms with E-state index in [0.29, 0.717) is 18.9 Å². The van der Waals surface area contributed by atoms with Crippen LogP contribution in [-0.2, 0) is 16.1 Å². The summed E-state index contributed by atoms with van der Waals surface area (Å²) in [4.78, 5) is 23.6. The van der Waals surface area contributed by atoms with Crippen LogP contribution in [0.4, 0.5) is 0 Å². The summed E-state index contributed by atoms with van der Waals surface area (Å²) in [5, 5.41) is 8.01. The van der Waals surface area contributed by atoms with Gasteiger partial charge in [-0.05, 0) is 19.4 Å². The van der Waals surface area contributed by atoms with Gasteiger partial charge in [-0.2, -0.15) is 0 Å². The lowest BCUT2D eigenvalue weighted by molar-refractivity contribution is -0.114. The van der Waals surface area contributed by atoms with E-state index >= 15 is 0 Å². The van der Waals surface area contributed by atoms with E-state index in [0.717, 1.165) is 11.4 Å². The van der Waals surface area contributed by atoms with E-state index in [1.807, 2.05) is 65.0 Å². The number of fused-ring (bicyclic) bond motifs is 1. The maximum absolute atomic E-state index is 11.6. The number of benzene rings is 1. The SMILES string of the molecule is CC.CC.CC(C)=O.CC(COCc1ccccc1)c1nnc2c(=O)[nH]ccn12.CCCCC. The number of hydrogen-bond donors (Lipinski definition) is 1. The normalized spacial score (nSPS) is 10.1. The molecule has 0 fully saturated rings. The fraction of sp³-hybridized carbons (Fsp3) is 0.556. The van der Waals surface area contributed by atoms with Crippen LogP contribution < -0.4 is 5.56 Å². The first-order valence-electron chi connectivity index (χ1n) is 12.4. The van der Waals surface area contributed by atoms with Crippen molar-refractivity contribution in [1.82, 2.24) is 19.6 Å². The van der Waals surface area contributed by atoms with E-state index in [2.05, 4.69) is 29.0 Å². The molecule has 0 aliphatic heterocycles. The molecular weight excluding hydrogens is 428 g/mol. The number of Topliss-reactive ketones (excluding diaryl/α,β-unsaturated/α-hetero) is 1. The largest absolute Gasteiger partial charge is 0.376 e. The summed E-state index contributed by atoms with van der Waals surface area (Å²) in [6.45, 7) is 18.6. The quantitative estimate of drug-likeness (QED) is 0.417. The van der Waals surface area contributed by atoms with Gasteiger partial charge in [0.15, 0.2) is 0 Å². The number of hydrogen-bond acceptors (Lipinski definition) is 5. The molecule has 1 unspecified atom stereocenters. The molecule has 192 valence electrons. The Morgan fingerprint density at radius 2 is 1.59 bits per heavy atom. The molecule has 0 saturated heterocycles. The average Bonchev–Trinajstić information content (AvgIpc) is 3.29. The number of ketones is 1. The van der Waals surface area contributed by atoms with E-state index < -0.39 is 0 Å². The summed E-state index contributed by atoms with van der Waals surface area (Å²) in [6.07, 6.45) is 7.41. The second-order valence-corrected chi connectivity index (χ2v) is 7.20. The molecule has 34 heavy (non-hydrogen) atoms. The van der Waals surface area contributed by atoms with Crippen LogP contribution in [0.15, 0.2) is 47.5 Å².